The number of rotatable bonds is 2. The first-order valence-corrected chi connectivity index (χ1v) is 5.39. The standard InChI is InChI=1S/C11H12OS/c1-8-6-7-10(13-8)11(12)9-4-2-3-5-9/h4,6-7H,2-3,5H2,1H3. The highest BCUT2D eigenvalue weighted by Gasteiger charge is 2.16. The van der Waals surface area contributed by atoms with Crippen molar-refractivity contribution in [1.29, 1.82) is 0 Å². The van der Waals surface area contributed by atoms with E-state index in [0.29, 0.717) is 0 Å². The summed E-state index contributed by atoms with van der Waals surface area (Å²) < 4.78 is 0. The highest BCUT2D eigenvalue weighted by atomic mass is 32.1. The molecule has 0 bridgehead atoms. The van der Waals surface area contributed by atoms with Gasteiger partial charge in [-0.2, -0.15) is 0 Å². The summed E-state index contributed by atoms with van der Waals surface area (Å²) >= 11 is 1.59. The number of aryl methyl sites for hydroxylation is 1. The summed E-state index contributed by atoms with van der Waals surface area (Å²) in [5, 5.41) is 0. The largest absolute Gasteiger partial charge is 0.288 e. The number of carbonyl (C=O) groups excluding carboxylic acids is 1. The first-order valence-electron chi connectivity index (χ1n) is 4.57. The Labute approximate surface area is 82.1 Å². The highest BCUT2D eigenvalue weighted by Crippen LogP contribution is 2.25. The molecule has 0 amide bonds. The van der Waals surface area contributed by atoms with Crippen molar-refractivity contribution in [3.8, 4) is 0 Å². The van der Waals surface area contributed by atoms with Crippen LogP contribution in [0.5, 0.6) is 0 Å². The van der Waals surface area contributed by atoms with Crippen molar-refractivity contribution in [3.63, 3.8) is 0 Å². The van der Waals surface area contributed by atoms with Gasteiger partial charge in [0.15, 0.2) is 5.78 Å². The van der Waals surface area contributed by atoms with Crippen molar-refractivity contribution < 1.29 is 4.79 Å². The van der Waals surface area contributed by atoms with Gasteiger partial charge in [-0.15, -0.1) is 11.3 Å². The molecule has 0 aliphatic heterocycles. The fourth-order valence-electron chi connectivity index (χ4n) is 1.59. The maximum absolute atomic E-state index is 11.8. The van der Waals surface area contributed by atoms with Crippen molar-refractivity contribution in [2.75, 3.05) is 0 Å². The second-order valence-corrected chi connectivity index (χ2v) is 4.65. The van der Waals surface area contributed by atoms with Crippen LogP contribution in [0.2, 0.25) is 0 Å². The van der Waals surface area contributed by atoms with Crippen molar-refractivity contribution in [2.45, 2.75) is 26.2 Å². The van der Waals surface area contributed by atoms with E-state index in [1.165, 1.54) is 4.88 Å². The number of Topliss-reactive ketones (excluding diaryl/α,β-unsaturated/α-hetero) is 1. The van der Waals surface area contributed by atoms with Crippen LogP contribution in [-0.2, 0) is 0 Å². The molecule has 0 atom stereocenters. The predicted molar refractivity (Wildman–Crippen MR) is 55.3 cm³/mol. The van der Waals surface area contributed by atoms with E-state index < -0.39 is 0 Å². The van der Waals surface area contributed by atoms with Crippen molar-refractivity contribution >= 4 is 17.1 Å². The van der Waals surface area contributed by atoms with E-state index in [9.17, 15) is 4.79 Å². The molecule has 1 aromatic heterocycles. The van der Waals surface area contributed by atoms with Crippen molar-refractivity contribution in [3.05, 3.63) is 33.5 Å². The van der Waals surface area contributed by atoms with E-state index in [-0.39, 0.29) is 5.78 Å². The average Bonchev–Trinajstić information content (AvgIpc) is 2.72. The number of carbonyl (C=O) groups is 1. The van der Waals surface area contributed by atoms with Crippen molar-refractivity contribution in [2.24, 2.45) is 0 Å². The van der Waals surface area contributed by atoms with Crippen LogP contribution in [0.25, 0.3) is 0 Å². The van der Waals surface area contributed by atoms with Crippen molar-refractivity contribution in [1.82, 2.24) is 0 Å². The quantitative estimate of drug-likeness (QED) is 0.657. The summed E-state index contributed by atoms with van der Waals surface area (Å²) in [6.07, 6.45) is 5.27. The number of thiophene rings is 1. The van der Waals surface area contributed by atoms with Gasteiger partial charge < -0.3 is 0 Å². The highest BCUT2D eigenvalue weighted by molar-refractivity contribution is 7.14. The number of hydrogen-bond acceptors (Lipinski definition) is 2. The van der Waals surface area contributed by atoms with E-state index >= 15 is 0 Å². The van der Waals surface area contributed by atoms with Crippen LogP contribution in [-0.4, -0.2) is 5.78 Å². The van der Waals surface area contributed by atoms with Gasteiger partial charge in [0.05, 0.1) is 4.88 Å². The molecular formula is C11H12OS. The second kappa shape index (κ2) is 3.46. The normalized spacial score (nSPS) is 15.9. The lowest BCUT2D eigenvalue weighted by Gasteiger charge is -1.96. The molecule has 1 aliphatic rings. The second-order valence-electron chi connectivity index (χ2n) is 3.36. The monoisotopic (exact) mass is 192 g/mol. The molecule has 0 spiro atoms. The fraction of sp³-hybridized carbons (Fsp3) is 0.364. The van der Waals surface area contributed by atoms with Crippen LogP contribution in [0.3, 0.4) is 0 Å². The Morgan fingerprint density at radius 2 is 2.31 bits per heavy atom. The third kappa shape index (κ3) is 1.73. The van der Waals surface area contributed by atoms with Gasteiger partial charge >= 0.3 is 0 Å². The zero-order valence-electron chi connectivity index (χ0n) is 7.67. The summed E-state index contributed by atoms with van der Waals surface area (Å²) in [7, 11) is 0. The van der Waals surface area contributed by atoms with E-state index in [1.807, 2.05) is 19.1 Å². The molecule has 0 fully saturated rings. The third-order valence-corrected chi connectivity index (χ3v) is 3.30. The molecule has 1 aliphatic carbocycles. The summed E-state index contributed by atoms with van der Waals surface area (Å²) in [6.45, 7) is 2.03. The van der Waals surface area contributed by atoms with Crippen LogP contribution in [0.15, 0.2) is 23.8 Å². The molecule has 68 valence electrons. The Balaban J connectivity index is 2.22. The Bertz CT molecular complexity index is 360. The Morgan fingerprint density at radius 3 is 2.85 bits per heavy atom. The summed E-state index contributed by atoms with van der Waals surface area (Å²) in [5.41, 5.74) is 1.02. The Kier molecular flexibility index (Phi) is 2.32. The minimum atomic E-state index is 0.246. The fourth-order valence-corrected chi connectivity index (χ4v) is 2.43. The third-order valence-electron chi connectivity index (χ3n) is 2.30. The molecule has 1 heterocycles. The lowest BCUT2D eigenvalue weighted by atomic mass is 10.1. The topological polar surface area (TPSA) is 17.1 Å². The van der Waals surface area contributed by atoms with Crippen LogP contribution >= 0.6 is 11.3 Å². The molecule has 2 heteroatoms. The lowest BCUT2D eigenvalue weighted by molar-refractivity contribution is 0.103. The molecular weight excluding hydrogens is 180 g/mol. The molecule has 0 aromatic carbocycles. The SMILES string of the molecule is Cc1ccc(C(=O)C2=CCCC2)s1. The van der Waals surface area contributed by atoms with Gasteiger partial charge in [0.25, 0.3) is 0 Å². The van der Waals surface area contributed by atoms with Gasteiger partial charge in [0.2, 0.25) is 0 Å². The van der Waals surface area contributed by atoms with Gasteiger partial charge in [-0.3, -0.25) is 4.79 Å². The molecule has 0 radical (unpaired) electrons. The zero-order valence-corrected chi connectivity index (χ0v) is 8.49. The molecule has 0 N–H and O–H groups in total. The Morgan fingerprint density at radius 1 is 1.46 bits per heavy atom. The molecule has 0 saturated heterocycles. The van der Waals surface area contributed by atoms with Gasteiger partial charge in [-0.25, -0.2) is 0 Å². The van der Waals surface area contributed by atoms with Gasteiger partial charge in [-0.1, -0.05) is 6.08 Å². The average molecular weight is 192 g/mol. The van der Waals surface area contributed by atoms with Gasteiger partial charge in [-0.05, 0) is 43.9 Å². The number of hydrogen-bond donors (Lipinski definition) is 0. The molecule has 0 saturated carbocycles. The molecule has 1 aromatic rings. The lowest BCUT2D eigenvalue weighted by Crippen LogP contribution is -1.97. The van der Waals surface area contributed by atoms with Gasteiger partial charge in [0.1, 0.15) is 0 Å². The van der Waals surface area contributed by atoms with E-state index in [4.69, 9.17) is 0 Å². The minimum Gasteiger partial charge on any atom is -0.288 e. The first kappa shape index (κ1) is 8.70. The smallest absolute Gasteiger partial charge is 0.198 e. The van der Waals surface area contributed by atoms with Gasteiger partial charge in [0, 0.05) is 4.88 Å². The van der Waals surface area contributed by atoms with Crippen LogP contribution in [0.1, 0.15) is 33.8 Å². The van der Waals surface area contributed by atoms with E-state index in [1.54, 1.807) is 11.3 Å². The maximum atomic E-state index is 11.8. The minimum absolute atomic E-state index is 0.246. The zero-order chi connectivity index (χ0) is 9.26. The molecule has 0 unspecified atom stereocenters. The molecule has 13 heavy (non-hydrogen) atoms. The molecule has 1 nitrogen and oxygen atoms in total. The summed E-state index contributed by atoms with van der Waals surface area (Å²) in [4.78, 5) is 13.9. The van der Waals surface area contributed by atoms with Crippen LogP contribution < -0.4 is 0 Å². The first-order chi connectivity index (χ1) is 6.27. The van der Waals surface area contributed by atoms with Crippen LogP contribution in [0, 0.1) is 6.92 Å². The Hall–Kier alpha value is -0.890. The predicted octanol–water partition coefficient (Wildman–Crippen LogP) is 3.35. The summed E-state index contributed by atoms with van der Waals surface area (Å²) in [6, 6.07) is 3.94. The maximum Gasteiger partial charge on any atom is 0.198 e. The number of allylic oxidation sites excluding steroid dienone is 2. The van der Waals surface area contributed by atoms with E-state index in [2.05, 4.69) is 6.08 Å². The molecule has 2 rings (SSSR count). The van der Waals surface area contributed by atoms with Crippen LogP contribution in [0.4, 0.5) is 0 Å². The van der Waals surface area contributed by atoms with E-state index in [0.717, 1.165) is 29.7 Å². The summed E-state index contributed by atoms with van der Waals surface area (Å²) in [5.74, 6) is 0.246. The number of ketones is 1.